The van der Waals surface area contributed by atoms with Crippen LogP contribution in [0.5, 0.6) is 5.75 Å². The second-order valence-corrected chi connectivity index (χ2v) is 8.44. The first-order valence-corrected chi connectivity index (χ1v) is 11.7. The van der Waals surface area contributed by atoms with Crippen molar-refractivity contribution < 1.29 is 9.84 Å². The number of rotatable bonds is 9. The Balaban J connectivity index is 1.55. The molecule has 3 nitrogen and oxygen atoms in total. The highest BCUT2D eigenvalue weighted by molar-refractivity contribution is 5.98. The van der Waals surface area contributed by atoms with Gasteiger partial charge in [0, 0.05) is 6.54 Å². The molecule has 0 saturated carbocycles. The van der Waals surface area contributed by atoms with Crippen molar-refractivity contribution >= 4 is 11.1 Å². The molecule has 0 radical (unpaired) electrons. The number of hydrogen-bond donors (Lipinski definition) is 1. The Hall–Kier alpha value is -2.88. The minimum atomic E-state index is -0.461. The standard InChI is InChI=1S/C29H33NO2/c1-2-28(23-11-5-3-6-12-23)29(24-13-7-4-8-14-24)25-15-17-27(18-16-25)32-22-26(31)21-30-19-9-10-20-30/h3-8,11-18,26,31H,2,9-10,19-22H2,1H3. The predicted octanol–water partition coefficient (Wildman–Crippen LogP) is 5.89. The van der Waals surface area contributed by atoms with E-state index in [0.29, 0.717) is 13.2 Å². The van der Waals surface area contributed by atoms with Gasteiger partial charge < -0.3 is 14.7 Å². The third-order valence-corrected chi connectivity index (χ3v) is 6.09. The molecule has 0 amide bonds. The van der Waals surface area contributed by atoms with E-state index in [0.717, 1.165) is 25.3 Å². The van der Waals surface area contributed by atoms with E-state index in [1.165, 1.54) is 40.7 Å². The summed E-state index contributed by atoms with van der Waals surface area (Å²) in [6.45, 7) is 5.39. The van der Waals surface area contributed by atoms with Gasteiger partial charge in [0.25, 0.3) is 0 Å². The second kappa shape index (κ2) is 11.1. The molecule has 166 valence electrons. The fourth-order valence-corrected chi connectivity index (χ4v) is 4.51. The van der Waals surface area contributed by atoms with Gasteiger partial charge in [-0.25, -0.2) is 0 Å². The second-order valence-electron chi connectivity index (χ2n) is 8.44. The van der Waals surface area contributed by atoms with E-state index < -0.39 is 6.10 Å². The average molecular weight is 428 g/mol. The normalized spacial score (nSPS) is 15.9. The molecule has 0 aromatic heterocycles. The first-order valence-electron chi connectivity index (χ1n) is 11.7. The van der Waals surface area contributed by atoms with Gasteiger partial charge in [-0.15, -0.1) is 0 Å². The Labute approximate surface area is 192 Å². The monoisotopic (exact) mass is 427 g/mol. The molecular formula is C29H33NO2. The van der Waals surface area contributed by atoms with E-state index in [1.807, 2.05) is 12.1 Å². The van der Waals surface area contributed by atoms with Crippen LogP contribution in [0.15, 0.2) is 84.9 Å². The molecule has 0 spiro atoms. The molecule has 1 aliphatic rings. The number of ether oxygens (including phenoxy) is 1. The van der Waals surface area contributed by atoms with Crippen LogP contribution in [0.3, 0.4) is 0 Å². The Morgan fingerprint density at radius 1 is 0.812 bits per heavy atom. The van der Waals surface area contributed by atoms with Gasteiger partial charge in [-0.1, -0.05) is 79.7 Å². The van der Waals surface area contributed by atoms with Crippen molar-refractivity contribution in [3.05, 3.63) is 102 Å². The quantitative estimate of drug-likeness (QED) is 0.432. The lowest BCUT2D eigenvalue weighted by molar-refractivity contribution is 0.0758. The van der Waals surface area contributed by atoms with Crippen LogP contribution < -0.4 is 4.74 Å². The molecule has 1 atom stereocenters. The van der Waals surface area contributed by atoms with Crippen molar-refractivity contribution in [2.45, 2.75) is 32.3 Å². The lowest BCUT2D eigenvalue weighted by atomic mass is 9.88. The summed E-state index contributed by atoms with van der Waals surface area (Å²) in [7, 11) is 0. The molecule has 1 fully saturated rings. The van der Waals surface area contributed by atoms with E-state index in [2.05, 4.69) is 84.6 Å². The van der Waals surface area contributed by atoms with Gasteiger partial charge in [0.1, 0.15) is 18.5 Å². The molecule has 1 saturated heterocycles. The number of nitrogens with zero attached hydrogens (tertiary/aromatic N) is 1. The fourth-order valence-electron chi connectivity index (χ4n) is 4.51. The molecule has 3 heteroatoms. The van der Waals surface area contributed by atoms with Crippen molar-refractivity contribution in [3.8, 4) is 5.75 Å². The van der Waals surface area contributed by atoms with Gasteiger partial charge in [-0.05, 0) is 72.3 Å². The smallest absolute Gasteiger partial charge is 0.119 e. The molecule has 32 heavy (non-hydrogen) atoms. The Morgan fingerprint density at radius 3 is 1.97 bits per heavy atom. The first kappa shape index (κ1) is 22.3. The summed E-state index contributed by atoms with van der Waals surface area (Å²) in [5.74, 6) is 0.791. The topological polar surface area (TPSA) is 32.7 Å². The van der Waals surface area contributed by atoms with Crippen LogP contribution in [0.25, 0.3) is 11.1 Å². The van der Waals surface area contributed by atoms with E-state index in [9.17, 15) is 5.11 Å². The minimum Gasteiger partial charge on any atom is -0.491 e. The first-order chi connectivity index (χ1) is 15.7. The number of aliphatic hydroxyl groups excluding tert-OH is 1. The molecule has 1 N–H and O–H groups in total. The summed E-state index contributed by atoms with van der Waals surface area (Å²) in [5, 5.41) is 10.3. The molecule has 4 rings (SSSR count). The van der Waals surface area contributed by atoms with Crippen LogP contribution in [0.1, 0.15) is 42.9 Å². The Bertz CT molecular complexity index is 990. The van der Waals surface area contributed by atoms with Crippen molar-refractivity contribution in [2.24, 2.45) is 0 Å². The number of benzene rings is 3. The molecule has 0 aliphatic carbocycles. The summed E-state index contributed by atoms with van der Waals surface area (Å²) in [5.41, 5.74) is 6.20. The summed E-state index contributed by atoms with van der Waals surface area (Å²) in [6, 6.07) is 29.5. The molecule has 3 aromatic rings. The van der Waals surface area contributed by atoms with E-state index >= 15 is 0 Å². The van der Waals surface area contributed by atoms with Gasteiger partial charge >= 0.3 is 0 Å². The molecule has 0 bridgehead atoms. The van der Waals surface area contributed by atoms with Crippen molar-refractivity contribution in [3.63, 3.8) is 0 Å². The predicted molar refractivity (Wildman–Crippen MR) is 133 cm³/mol. The lowest BCUT2D eigenvalue weighted by Gasteiger charge is -2.20. The SMILES string of the molecule is CCC(=C(c1ccccc1)c1ccc(OCC(O)CN2CCCC2)cc1)c1ccccc1. The highest BCUT2D eigenvalue weighted by atomic mass is 16.5. The third-order valence-electron chi connectivity index (χ3n) is 6.09. The fraction of sp³-hybridized carbons (Fsp3) is 0.310. The summed E-state index contributed by atoms with van der Waals surface area (Å²) in [4.78, 5) is 2.31. The highest BCUT2D eigenvalue weighted by Crippen LogP contribution is 2.34. The largest absolute Gasteiger partial charge is 0.491 e. The van der Waals surface area contributed by atoms with Crippen molar-refractivity contribution in [1.29, 1.82) is 0 Å². The highest BCUT2D eigenvalue weighted by Gasteiger charge is 2.16. The van der Waals surface area contributed by atoms with Crippen LogP contribution in [0, 0.1) is 0 Å². The van der Waals surface area contributed by atoms with Gasteiger partial charge in [0.2, 0.25) is 0 Å². The van der Waals surface area contributed by atoms with Crippen molar-refractivity contribution in [2.75, 3.05) is 26.2 Å². The van der Waals surface area contributed by atoms with Crippen LogP contribution >= 0.6 is 0 Å². The van der Waals surface area contributed by atoms with Gasteiger partial charge in [-0.3, -0.25) is 0 Å². The average Bonchev–Trinajstić information content (AvgIpc) is 3.36. The minimum absolute atomic E-state index is 0.321. The molecular weight excluding hydrogens is 394 g/mol. The Morgan fingerprint density at radius 2 is 1.38 bits per heavy atom. The van der Waals surface area contributed by atoms with E-state index in [-0.39, 0.29) is 0 Å². The Kier molecular flexibility index (Phi) is 7.76. The maximum atomic E-state index is 10.3. The molecule has 3 aromatic carbocycles. The summed E-state index contributed by atoms with van der Waals surface area (Å²) in [6.07, 6.45) is 2.94. The van der Waals surface area contributed by atoms with Gasteiger partial charge in [0.05, 0.1) is 0 Å². The van der Waals surface area contributed by atoms with E-state index in [1.54, 1.807) is 0 Å². The summed E-state index contributed by atoms with van der Waals surface area (Å²) < 4.78 is 5.90. The van der Waals surface area contributed by atoms with Crippen molar-refractivity contribution in [1.82, 2.24) is 4.90 Å². The van der Waals surface area contributed by atoms with Gasteiger partial charge in [-0.2, -0.15) is 0 Å². The number of aliphatic hydroxyl groups is 1. The zero-order chi connectivity index (χ0) is 22.2. The van der Waals surface area contributed by atoms with Crippen LogP contribution in [-0.2, 0) is 0 Å². The number of allylic oxidation sites excluding steroid dienone is 1. The maximum absolute atomic E-state index is 10.3. The van der Waals surface area contributed by atoms with E-state index in [4.69, 9.17) is 4.74 Å². The lowest BCUT2D eigenvalue weighted by Crippen LogP contribution is -2.33. The number of likely N-dealkylation sites (tertiary alicyclic amines) is 1. The van der Waals surface area contributed by atoms with Crippen LogP contribution in [-0.4, -0.2) is 42.4 Å². The molecule has 1 unspecified atom stereocenters. The zero-order valence-electron chi connectivity index (χ0n) is 18.9. The van der Waals surface area contributed by atoms with Crippen LogP contribution in [0.2, 0.25) is 0 Å². The molecule has 1 heterocycles. The maximum Gasteiger partial charge on any atom is 0.119 e. The number of hydrogen-bond acceptors (Lipinski definition) is 3. The van der Waals surface area contributed by atoms with Gasteiger partial charge in [0.15, 0.2) is 0 Å². The molecule has 1 aliphatic heterocycles. The third kappa shape index (κ3) is 5.67. The van der Waals surface area contributed by atoms with Crippen LogP contribution in [0.4, 0.5) is 0 Å². The summed E-state index contributed by atoms with van der Waals surface area (Å²) >= 11 is 0. The number of β-amino-alcohol motifs (C(OH)–C–C–N with tert-alkyl or cyclic N) is 1. The zero-order valence-corrected chi connectivity index (χ0v) is 18.9.